The lowest BCUT2D eigenvalue weighted by atomic mass is 10.1. The number of imide groups is 1. The standard InChI is InChI=1S/C18H24ClN3O5S/c1-3-9-20-18(26)22-15(23)11-27-17(25)14(8-10-28-2)21-16(24)12-6-4-5-7-13(12)19/h4-7,14H,3,8-11H2,1-2H3,(H,21,24)(H2,20,22,23,26). The summed E-state index contributed by atoms with van der Waals surface area (Å²) in [4.78, 5) is 47.8. The third kappa shape index (κ3) is 8.62. The van der Waals surface area contributed by atoms with Gasteiger partial charge in [-0.3, -0.25) is 14.9 Å². The van der Waals surface area contributed by atoms with Crippen molar-refractivity contribution in [2.75, 3.05) is 25.2 Å². The summed E-state index contributed by atoms with van der Waals surface area (Å²) in [5.74, 6) is -1.45. The van der Waals surface area contributed by atoms with E-state index in [0.717, 1.165) is 6.42 Å². The van der Waals surface area contributed by atoms with Crippen molar-refractivity contribution < 1.29 is 23.9 Å². The summed E-state index contributed by atoms with van der Waals surface area (Å²) >= 11 is 7.50. The van der Waals surface area contributed by atoms with Crippen LogP contribution in [0.15, 0.2) is 24.3 Å². The van der Waals surface area contributed by atoms with Crippen LogP contribution in [-0.4, -0.2) is 55.0 Å². The van der Waals surface area contributed by atoms with Gasteiger partial charge in [-0.25, -0.2) is 9.59 Å². The highest BCUT2D eigenvalue weighted by atomic mass is 35.5. The van der Waals surface area contributed by atoms with E-state index in [0.29, 0.717) is 18.7 Å². The summed E-state index contributed by atoms with van der Waals surface area (Å²) in [5, 5.41) is 7.36. The number of carbonyl (C=O) groups is 4. The van der Waals surface area contributed by atoms with E-state index in [2.05, 4.69) is 16.0 Å². The fourth-order valence-corrected chi connectivity index (χ4v) is 2.74. The molecule has 1 aromatic carbocycles. The number of hydrogen-bond acceptors (Lipinski definition) is 6. The van der Waals surface area contributed by atoms with Gasteiger partial charge < -0.3 is 15.4 Å². The van der Waals surface area contributed by atoms with E-state index in [1.165, 1.54) is 17.8 Å². The van der Waals surface area contributed by atoms with Gasteiger partial charge in [0, 0.05) is 6.54 Å². The molecule has 1 atom stereocenters. The molecule has 0 aliphatic carbocycles. The normalized spacial score (nSPS) is 11.2. The van der Waals surface area contributed by atoms with Gasteiger partial charge in [0.25, 0.3) is 11.8 Å². The fourth-order valence-electron chi connectivity index (χ4n) is 2.05. The Labute approximate surface area is 173 Å². The topological polar surface area (TPSA) is 114 Å². The lowest BCUT2D eigenvalue weighted by Crippen LogP contribution is -2.45. The van der Waals surface area contributed by atoms with Gasteiger partial charge in [0.15, 0.2) is 6.61 Å². The summed E-state index contributed by atoms with van der Waals surface area (Å²) in [5.41, 5.74) is 0.233. The molecule has 8 nitrogen and oxygen atoms in total. The second-order valence-electron chi connectivity index (χ2n) is 5.70. The Kier molecular flexibility index (Phi) is 11.0. The van der Waals surface area contributed by atoms with Crippen molar-refractivity contribution in [3.05, 3.63) is 34.9 Å². The molecule has 28 heavy (non-hydrogen) atoms. The molecule has 0 saturated heterocycles. The monoisotopic (exact) mass is 429 g/mol. The highest BCUT2D eigenvalue weighted by Gasteiger charge is 2.24. The zero-order chi connectivity index (χ0) is 20.9. The number of thioether (sulfide) groups is 1. The minimum atomic E-state index is -0.946. The van der Waals surface area contributed by atoms with Crippen LogP contribution in [-0.2, 0) is 14.3 Å². The van der Waals surface area contributed by atoms with E-state index in [9.17, 15) is 19.2 Å². The molecule has 4 amide bonds. The second-order valence-corrected chi connectivity index (χ2v) is 7.09. The first-order valence-corrected chi connectivity index (χ1v) is 10.4. The lowest BCUT2D eigenvalue weighted by molar-refractivity contribution is -0.150. The van der Waals surface area contributed by atoms with Crippen LogP contribution in [0, 0.1) is 0 Å². The molecule has 0 aromatic heterocycles. The minimum Gasteiger partial charge on any atom is -0.454 e. The maximum atomic E-state index is 12.4. The summed E-state index contributed by atoms with van der Waals surface area (Å²) in [6.45, 7) is 1.66. The number of hydrogen-bond donors (Lipinski definition) is 3. The molecular weight excluding hydrogens is 406 g/mol. The molecule has 0 aliphatic heterocycles. The summed E-state index contributed by atoms with van der Waals surface area (Å²) < 4.78 is 4.95. The average molecular weight is 430 g/mol. The highest BCUT2D eigenvalue weighted by molar-refractivity contribution is 7.98. The Morgan fingerprint density at radius 3 is 2.57 bits per heavy atom. The molecule has 0 saturated carbocycles. The molecule has 0 bridgehead atoms. The molecule has 10 heteroatoms. The van der Waals surface area contributed by atoms with Crippen molar-refractivity contribution in [1.82, 2.24) is 16.0 Å². The number of halogens is 1. The van der Waals surface area contributed by atoms with Gasteiger partial charge in [0.05, 0.1) is 10.6 Å². The lowest BCUT2D eigenvalue weighted by Gasteiger charge is -2.17. The van der Waals surface area contributed by atoms with Gasteiger partial charge >= 0.3 is 12.0 Å². The SMILES string of the molecule is CCCNC(=O)NC(=O)COC(=O)C(CCSC)NC(=O)c1ccccc1Cl. The summed E-state index contributed by atoms with van der Waals surface area (Å²) in [6.07, 6.45) is 2.90. The Morgan fingerprint density at radius 2 is 1.93 bits per heavy atom. The molecule has 0 aliphatic rings. The predicted molar refractivity (Wildman–Crippen MR) is 108 cm³/mol. The van der Waals surface area contributed by atoms with Crippen LogP contribution in [0.4, 0.5) is 4.79 Å². The van der Waals surface area contributed by atoms with Crippen molar-refractivity contribution >= 4 is 47.2 Å². The third-order valence-corrected chi connectivity index (χ3v) is 4.43. The van der Waals surface area contributed by atoms with E-state index in [1.54, 1.807) is 18.2 Å². The maximum Gasteiger partial charge on any atom is 0.329 e. The van der Waals surface area contributed by atoms with Gasteiger partial charge in [-0.15, -0.1) is 0 Å². The Morgan fingerprint density at radius 1 is 1.21 bits per heavy atom. The Balaban J connectivity index is 2.62. The molecule has 1 aromatic rings. The Bertz CT molecular complexity index is 702. The zero-order valence-electron chi connectivity index (χ0n) is 15.7. The van der Waals surface area contributed by atoms with Gasteiger partial charge in [-0.1, -0.05) is 30.7 Å². The number of esters is 1. The smallest absolute Gasteiger partial charge is 0.329 e. The van der Waals surface area contributed by atoms with Gasteiger partial charge in [-0.2, -0.15) is 11.8 Å². The molecule has 0 spiro atoms. The molecule has 1 rings (SSSR count). The van der Waals surface area contributed by atoms with Gasteiger partial charge in [-0.05, 0) is 37.0 Å². The highest BCUT2D eigenvalue weighted by Crippen LogP contribution is 2.15. The van der Waals surface area contributed by atoms with Crippen LogP contribution in [0.3, 0.4) is 0 Å². The average Bonchev–Trinajstić information content (AvgIpc) is 2.67. The van der Waals surface area contributed by atoms with Crippen molar-refractivity contribution in [3.8, 4) is 0 Å². The molecule has 0 fully saturated rings. The molecule has 3 N–H and O–H groups in total. The van der Waals surface area contributed by atoms with E-state index in [4.69, 9.17) is 16.3 Å². The first-order chi connectivity index (χ1) is 13.4. The van der Waals surface area contributed by atoms with E-state index < -0.39 is 36.5 Å². The maximum absolute atomic E-state index is 12.4. The number of ether oxygens (including phenoxy) is 1. The first-order valence-electron chi connectivity index (χ1n) is 8.67. The second kappa shape index (κ2) is 13.0. The van der Waals surface area contributed by atoms with E-state index in [-0.39, 0.29) is 10.6 Å². The van der Waals surface area contributed by atoms with E-state index in [1.807, 2.05) is 13.2 Å². The number of rotatable bonds is 10. The van der Waals surface area contributed by atoms with Crippen molar-refractivity contribution in [2.45, 2.75) is 25.8 Å². The quantitative estimate of drug-likeness (QED) is 0.490. The van der Waals surface area contributed by atoms with Crippen LogP contribution in [0.5, 0.6) is 0 Å². The van der Waals surface area contributed by atoms with Crippen molar-refractivity contribution in [2.24, 2.45) is 0 Å². The van der Waals surface area contributed by atoms with Crippen LogP contribution in [0.1, 0.15) is 30.1 Å². The number of amides is 4. The summed E-state index contributed by atoms with van der Waals surface area (Å²) in [6, 6.07) is 4.85. The predicted octanol–water partition coefficient (Wildman–Crippen LogP) is 1.97. The number of benzene rings is 1. The van der Waals surface area contributed by atoms with Crippen LogP contribution in [0.25, 0.3) is 0 Å². The molecular formula is C18H24ClN3O5S. The molecule has 154 valence electrons. The van der Waals surface area contributed by atoms with Crippen molar-refractivity contribution in [3.63, 3.8) is 0 Å². The molecule has 0 heterocycles. The van der Waals surface area contributed by atoms with Gasteiger partial charge in [0.2, 0.25) is 0 Å². The summed E-state index contributed by atoms with van der Waals surface area (Å²) in [7, 11) is 0. The largest absolute Gasteiger partial charge is 0.454 e. The minimum absolute atomic E-state index is 0.233. The number of carbonyl (C=O) groups excluding carboxylic acids is 4. The number of urea groups is 1. The third-order valence-electron chi connectivity index (χ3n) is 3.45. The van der Waals surface area contributed by atoms with Crippen molar-refractivity contribution in [1.29, 1.82) is 0 Å². The zero-order valence-corrected chi connectivity index (χ0v) is 17.3. The first kappa shape index (κ1) is 23.8. The molecule has 1 unspecified atom stereocenters. The van der Waals surface area contributed by atoms with Crippen LogP contribution < -0.4 is 16.0 Å². The van der Waals surface area contributed by atoms with Crippen LogP contribution >= 0.6 is 23.4 Å². The Hall–Kier alpha value is -2.26. The van der Waals surface area contributed by atoms with Crippen LogP contribution in [0.2, 0.25) is 5.02 Å². The molecule has 0 radical (unpaired) electrons. The van der Waals surface area contributed by atoms with E-state index >= 15 is 0 Å². The fraction of sp³-hybridized carbons (Fsp3) is 0.444. The van der Waals surface area contributed by atoms with Gasteiger partial charge in [0.1, 0.15) is 6.04 Å². The number of nitrogens with one attached hydrogen (secondary N) is 3.